The second-order valence-corrected chi connectivity index (χ2v) is 6.57. The van der Waals surface area contributed by atoms with Crippen molar-refractivity contribution in [2.75, 3.05) is 51.8 Å². The highest BCUT2D eigenvalue weighted by atomic mass is 16.5. The molecule has 7 nitrogen and oxygen atoms in total. The van der Waals surface area contributed by atoms with Crippen molar-refractivity contribution in [2.24, 2.45) is 4.99 Å². The summed E-state index contributed by atoms with van der Waals surface area (Å²) in [4.78, 5) is 24.9. The number of aromatic nitrogens is 1. The number of esters is 1. The smallest absolute Gasteiger partial charge is 0.337 e. The summed E-state index contributed by atoms with van der Waals surface area (Å²) in [6.45, 7) is 4.44. The Bertz CT molecular complexity index is 784. The lowest BCUT2D eigenvalue weighted by molar-refractivity contribution is 0.0600. The van der Waals surface area contributed by atoms with Gasteiger partial charge in [0.1, 0.15) is 5.82 Å². The predicted molar refractivity (Wildman–Crippen MR) is 111 cm³/mol. The van der Waals surface area contributed by atoms with Crippen molar-refractivity contribution < 1.29 is 9.53 Å². The van der Waals surface area contributed by atoms with Gasteiger partial charge in [0.25, 0.3) is 0 Å². The van der Waals surface area contributed by atoms with Gasteiger partial charge in [0.15, 0.2) is 5.96 Å². The number of pyridine rings is 1. The first-order chi connectivity index (χ1) is 13.7. The van der Waals surface area contributed by atoms with E-state index in [4.69, 9.17) is 4.74 Å². The van der Waals surface area contributed by atoms with Gasteiger partial charge in [0.2, 0.25) is 0 Å². The maximum Gasteiger partial charge on any atom is 0.337 e. The van der Waals surface area contributed by atoms with Crippen LogP contribution in [-0.2, 0) is 11.2 Å². The Morgan fingerprint density at radius 1 is 1.14 bits per heavy atom. The summed E-state index contributed by atoms with van der Waals surface area (Å²) in [7, 11) is 3.21. The summed E-state index contributed by atoms with van der Waals surface area (Å²) < 4.78 is 4.73. The van der Waals surface area contributed by atoms with Gasteiger partial charge in [0, 0.05) is 46.0 Å². The van der Waals surface area contributed by atoms with E-state index < -0.39 is 0 Å². The number of carbonyl (C=O) groups excluding carboxylic acids is 1. The first-order valence-electron chi connectivity index (χ1n) is 9.50. The van der Waals surface area contributed by atoms with Gasteiger partial charge in [-0.05, 0) is 36.2 Å². The average Bonchev–Trinajstić information content (AvgIpc) is 2.77. The predicted octanol–water partition coefficient (Wildman–Crippen LogP) is 1.81. The van der Waals surface area contributed by atoms with Crippen molar-refractivity contribution in [3.63, 3.8) is 0 Å². The van der Waals surface area contributed by atoms with Crippen LogP contribution in [0.1, 0.15) is 15.9 Å². The molecule has 2 heterocycles. The van der Waals surface area contributed by atoms with Crippen LogP contribution in [0.15, 0.2) is 53.7 Å². The maximum absolute atomic E-state index is 11.5. The lowest BCUT2D eigenvalue weighted by Crippen LogP contribution is -2.53. The topological polar surface area (TPSA) is 70.1 Å². The summed E-state index contributed by atoms with van der Waals surface area (Å²) in [5.41, 5.74) is 1.73. The zero-order valence-electron chi connectivity index (χ0n) is 16.5. The van der Waals surface area contributed by atoms with E-state index in [0.29, 0.717) is 5.56 Å². The number of guanidine groups is 1. The third-order valence-corrected chi connectivity index (χ3v) is 4.84. The van der Waals surface area contributed by atoms with Gasteiger partial charge in [0.05, 0.1) is 12.7 Å². The molecule has 148 valence electrons. The Hall–Kier alpha value is -3.09. The minimum atomic E-state index is -0.310. The monoisotopic (exact) mass is 381 g/mol. The molecule has 0 atom stereocenters. The molecule has 1 fully saturated rings. The third kappa shape index (κ3) is 5.00. The van der Waals surface area contributed by atoms with Crippen molar-refractivity contribution in [3.8, 4) is 0 Å². The number of benzene rings is 1. The van der Waals surface area contributed by atoms with E-state index in [1.165, 1.54) is 7.11 Å². The summed E-state index contributed by atoms with van der Waals surface area (Å²) in [6.07, 6.45) is 2.69. The van der Waals surface area contributed by atoms with Gasteiger partial charge in [-0.25, -0.2) is 9.78 Å². The third-order valence-electron chi connectivity index (χ3n) is 4.84. The largest absolute Gasteiger partial charge is 0.465 e. The number of aliphatic imine (C=N–C) groups is 1. The minimum absolute atomic E-state index is 0.310. The fourth-order valence-electron chi connectivity index (χ4n) is 3.26. The molecule has 0 spiro atoms. The summed E-state index contributed by atoms with van der Waals surface area (Å²) in [5.74, 6) is 1.64. The van der Waals surface area contributed by atoms with Crippen LogP contribution in [-0.4, -0.2) is 68.7 Å². The molecule has 1 aromatic carbocycles. The number of hydrogen-bond donors (Lipinski definition) is 1. The van der Waals surface area contributed by atoms with Crippen molar-refractivity contribution in [3.05, 3.63) is 59.8 Å². The van der Waals surface area contributed by atoms with E-state index in [0.717, 1.165) is 56.5 Å². The van der Waals surface area contributed by atoms with Crippen molar-refractivity contribution in [1.29, 1.82) is 0 Å². The molecule has 0 radical (unpaired) electrons. The van der Waals surface area contributed by atoms with Gasteiger partial charge >= 0.3 is 5.97 Å². The van der Waals surface area contributed by atoms with E-state index in [1.807, 2.05) is 43.6 Å². The number of nitrogens with one attached hydrogen (secondary N) is 1. The molecule has 0 aliphatic carbocycles. The molecule has 0 bridgehead atoms. The Labute approximate surface area is 166 Å². The summed E-state index contributed by atoms with van der Waals surface area (Å²) >= 11 is 0. The molecular weight excluding hydrogens is 354 g/mol. The van der Waals surface area contributed by atoms with Gasteiger partial charge in [-0.3, -0.25) is 4.99 Å². The molecule has 7 heteroatoms. The molecule has 1 aromatic heterocycles. The highest BCUT2D eigenvalue weighted by Gasteiger charge is 2.20. The van der Waals surface area contributed by atoms with E-state index in [2.05, 4.69) is 25.1 Å². The quantitative estimate of drug-likeness (QED) is 0.484. The van der Waals surface area contributed by atoms with Gasteiger partial charge in [-0.15, -0.1) is 0 Å². The first kappa shape index (κ1) is 19.7. The van der Waals surface area contributed by atoms with Crippen molar-refractivity contribution in [2.45, 2.75) is 6.42 Å². The Morgan fingerprint density at radius 3 is 2.50 bits per heavy atom. The zero-order valence-corrected chi connectivity index (χ0v) is 16.5. The second kappa shape index (κ2) is 9.73. The number of ether oxygens (including phenoxy) is 1. The fourth-order valence-corrected chi connectivity index (χ4v) is 3.26. The fraction of sp³-hybridized carbons (Fsp3) is 0.381. The Kier molecular flexibility index (Phi) is 6.84. The number of anilines is 1. The van der Waals surface area contributed by atoms with Crippen LogP contribution in [0.5, 0.6) is 0 Å². The molecule has 1 aliphatic rings. The Balaban J connectivity index is 1.46. The SMILES string of the molecule is CN=C(NCCc1ccc(C(=O)OC)cc1)N1CCN(c2ccccn2)CC1. The highest BCUT2D eigenvalue weighted by molar-refractivity contribution is 5.89. The second-order valence-electron chi connectivity index (χ2n) is 6.57. The van der Waals surface area contributed by atoms with Crippen LogP contribution in [0.4, 0.5) is 5.82 Å². The molecule has 28 heavy (non-hydrogen) atoms. The lowest BCUT2D eigenvalue weighted by Gasteiger charge is -2.37. The van der Waals surface area contributed by atoms with Gasteiger partial charge < -0.3 is 19.9 Å². The molecule has 0 amide bonds. The number of carbonyl (C=O) groups is 1. The number of piperazine rings is 1. The first-order valence-corrected chi connectivity index (χ1v) is 9.50. The maximum atomic E-state index is 11.5. The van der Waals surface area contributed by atoms with E-state index in [-0.39, 0.29) is 5.97 Å². The van der Waals surface area contributed by atoms with Crippen LogP contribution in [0.3, 0.4) is 0 Å². The molecule has 1 aliphatic heterocycles. The molecule has 1 saturated heterocycles. The van der Waals surface area contributed by atoms with Crippen LogP contribution >= 0.6 is 0 Å². The van der Waals surface area contributed by atoms with E-state index >= 15 is 0 Å². The van der Waals surface area contributed by atoms with Crippen LogP contribution in [0, 0.1) is 0 Å². The summed E-state index contributed by atoms with van der Waals surface area (Å²) in [5, 5.41) is 3.44. The number of rotatable bonds is 5. The van der Waals surface area contributed by atoms with Crippen molar-refractivity contribution in [1.82, 2.24) is 15.2 Å². The minimum Gasteiger partial charge on any atom is -0.465 e. The van der Waals surface area contributed by atoms with Crippen LogP contribution in [0.2, 0.25) is 0 Å². The van der Waals surface area contributed by atoms with Crippen LogP contribution in [0.25, 0.3) is 0 Å². The van der Waals surface area contributed by atoms with Crippen molar-refractivity contribution >= 4 is 17.7 Å². The van der Waals surface area contributed by atoms with Gasteiger partial charge in [-0.1, -0.05) is 18.2 Å². The molecule has 0 saturated carbocycles. The highest BCUT2D eigenvalue weighted by Crippen LogP contribution is 2.12. The molecule has 2 aromatic rings. The zero-order chi connectivity index (χ0) is 19.8. The van der Waals surface area contributed by atoms with E-state index in [1.54, 1.807) is 12.1 Å². The van der Waals surface area contributed by atoms with Gasteiger partial charge in [-0.2, -0.15) is 0 Å². The number of hydrogen-bond acceptors (Lipinski definition) is 5. The van der Waals surface area contributed by atoms with Crippen LogP contribution < -0.4 is 10.2 Å². The molecular formula is C21H27N5O2. The lowest BCUT2D eigenvalue weighted by atomic mass is 10.1. The molecule has 3 rings (SSSR count). The Morgan fingerprint density at radius 2 is 1.89 bits per heavy atom. The summed E-state index contributed by atoms with van der Waals surface area (Å²) in [6, 6.07) is 13.5. The van der Waals surface area contributed by atoms with E-state index in [9.17, 15) is 4.79 Å². The standard InChI is InChI=1S/C21H27N5O2/c1-22-21(24-12-10-17-6-8-18(9-7-17)20(27)28-2)26-15-13-25(14-16-26)19-5-3-4-11-23-19/h3-9,11H,10,12-16H2,1-2H3,(H,22,24). The molecule has 0 unspecified atom stereocenters. The number of methoxy groups -OCH3 is 1. The molecule has 1 N–H and O–H groups in total. The average molecular weight is 381 g/mol. The normalized spacial score (nSPS) is 14.7. The number of nitrogens with zero attached hydrogens (tertiary/aromatic N) is 4.